The van der Waals surface area contributed by atoms with Crippen molar-refractivity contribution in [2.75, 3.05) is 32.9 Å². The number of rotatable bonds is 7. The first-order chi connectivity index (χ1) is 16.9. The molecule has 0 aliphatic carbocycles. The average molecular weight is 533 g/mol. The molecule has 1 aliphatic heterocycles. The van der Waals surface area contributed by atoms with Crippen molar-refractivity contribution in [3.05, 3.63) is 105 Å². The third-order valence-corrected chi connectivity index (χ3v) is 7.09. The van der Waals surface area contributed by atoms with Crippen LogP contribution in [0.3, 0.4) is 0 Å². The van der Waals surface area contributed by atoms with Gasteiger partial charge < -0.3 is 14.4 Å². The molecular weight excluding hydrogens is 509 g/mol. The summed E-state index contributed by atoms with van der Waals surface area (Å²) >= 11 is 19.0. The van der Waals surface area contributed by atoms with Gasteiger partial charge in [0.1, 0.15) is 5.41 Å². The minimum Gasteiger partial charge on any atom is -0.462 e. The van der Waals surface area contributed by atoms with Crippen LogP contribution in [0, 0.1) is 0 Å². The lowest BCUT2D eigenvalue weighted by atomic mass is 9.71. The number of hydrogen-bond acceptors (Lipinski definition) is 4. The first kappa shape index (κ1) is 25.5. The van der Waals surface area contributed by atoms with Gasteiger partial charge in [0.25, 0.3) is 0 Å². The number of amides is 1. The lowest BCUT2D eigenvalue weighted by Crippen LogP contribution is -2.52. The topological polar surface area (TPSA) is 55.8 Å². The van der Waals surface area contributed by atoms with Crippen molar-refractivity contribution < 1.29 is 19.1 Å². The molecule has 0 radical (unpaired) electrons. The molecule has 1 aliphatic rings. The van der Waals surface area contributed by atoms with Crippen LogP contribution in [0.15, 0.2) is 72.8 Å². The molecule has 35 heavy (non-hydrogen) atoms. The van der Waals surface area contributed by atoms with E-state index in [4.69, 9.17) is 44.3 Å². The summed E-state index contributed by atoms with van der Waals surface area (Å²) in [6.45, 7) is 1.79. The van der Waals surface area contributed by atoms with E-state index < -0.39 is 11.4 Å². The monoisotopic (exact) mass is 531 g/mol. The lowest BCUT2D eigenvalue weighted by Gasteiger charge is -2.39. The standard InChI is InChI=1S/C27H24Cl3NO4/c28-22-8-4-7-20(17-22)27(21-9-10-23(29)24(30)18-21,26(33)31-12-15-34-16-13-31)11-14-35-25(32)19-5-2-1-3-6-19/h1-10,17-18H,11-16H2. The molecule has 8 heteroatoms. The minimum atomic E-state index is -1.21. The van der Waals surface area contributed by atoms with Crippen molar-refractivity contribution in [1.82, 2.24) is 4.90 Å². The number of morpholine rings is 1. The van der Waals surface area contributed by atoms with Crippen LogP contribution in [0.25, 0.3) is 0 Å². The second-order valence-electron chi connectivity index (χ2n) is 8.20. The predicted molar refractivity (Wildman–Crippen MR) is 137 cm³/mol. The van der Waals surface area contributed by atoms with Gasteiger partial charge in [0, 0.05) is 24.5 Å². The molecule has 1 heterocycles. The third kappa shape index (κ3) is 5.65. The van der Waals surface area contributed by atoms with Gasteiger partial charge in [-0.1, -0.05) is 71.2 Å². The Hall–Kier alpha value is -2.57. The van der Waals surface area contributed by atoms with Crippen LogP contribution < -0.4 is 0 Å². The largest absolute Gasteiger partial charge is 0.462 e. The first-order valence-corrected chi connectivity index (χ1v) is 12.4. The van der Waals surface area contributed by atoms with E-state index >= 15 is 0 Å². The molecule has 3 aromatic carbocycles. The Balaban J connectivity index is 1.77. The summed E-state index contributed by atoms with van der Waals surface area (Å²) in [7, 11) is 0. The van der Waals surface area contributed by atoms with Gasteiger partial charge in [0.15, 0.2) is 0 Å². The third-order valence-electron chi connectivity index (χ3n) is 6.11. The number of carbonyl (C=O) groups excluding carboxylic acids is 2. The second kappa shape index (κ2) is 11.4. The van der Waals surface area contributed by atoms with E-state index in [2.05, 4.69) is 0 Å². The SMILES string of the molecule is O=C(OCCC(C(=O)N1CCOCC1)(c1cccc(Cl)c1)c1ccc(Cl)c(Cl)c1)c1ccccc1. The van der Waals surface area contributed by atoms with Crippen LogP contribution in [0.2, 0.25) is 15.1 Å². The molecule has 0 spiro atoms. The first-order valence-electron chi connectivity index (χ1n) is 11.2. The zero-order valence-electron chi connectivity index (χ0n) is 18.9. The molecule has 3 aromatic rings. The highest BCUT2D eigenvalue weighted by Crippen LogP contribution is 2.41. The molecule has 0 aromatic heterocycles. The Labute approximate surface area is 219 Å². The van der Waals surface area contributed by atoms with E-state index in [0.717, 1.165) is 0 Å². The van der Waals surface area contributed by atoms with E-state index in [9.17, 15) is 9.59 Å². The van der Waals surface area contributed by atoms with Gasteiger partial charge in [-0.3, -0.25) is 4.79 Å². The number of carbonyl (C=O) groups is 2. The van der Waals surface area contributed by atoms with Gasteiger partial charge >= 0.3 is 5.97 Å². The minimum absolute atomic E-state index is 0.00341. The fraction of sp³-hybridized carbons (Fsp3) is 0.259. The highest BCUT2D eigenvalue weighted by atomic mass is 35.5. The summed E-state index contributed by atoms with van der Waals surface area (Å²) in [5.74, 6) is -0.601. The van der Waals surface area contributed by atoms with E-state index in [1.54, 1.807) is 65.6 Å². The quantitative estimate of drug-likeness (QED) is 0.348. The van der Waals surface area contributed by atoms with Crippen LogP contribution >= 0.6 is 34.8 Å². The van der Waals surface area contributed by atoms with Crippen molar-refractivity contribution in [3.63, 3.8) is 0 Å². The summed E-state index contributed by atoms with van der Waals surface area (Å²) in [5, 5.41) is 1.19. The molecule has 4 rings (SSSR count). The summed E-state index contributed by atoms with van der Waals surface area (Å²) in [6, 6.07) is 21.0. The number of halogens is 3. The van der Waals surface area contributed by atoms with Crippen molar-refractivity contribution in [3.8, 4) is 0 Å². The fourth-order valence-corrected chi connectivity index (χ4v) is 4.80. The van der Waals surface area contributed by atoms with Crippen molar-refractivity contribution in [1.29, 1.82) is 0 Å². The van der Waals surface area contributed by atoms with Gasteiger partial charge in [-0.05, 0) is 47.5 Å². The molecule has 1 amide bonds. The average Bonchev–Trinajstić information content (AvgIpc) is 2.89. The molecule has 0 saturated carbocycles. The molecule has 0 bridgehead atoms. The number of benzene rings is 3. The Morgan fingerprint density at radius 2 is 1.57 bits per heavy atom. The van der Waals surface area contributed by atoms with E-state index in [1.807, 2.05) is 12.1 Å². The summed E-state index contributed by atoms with van der Waals surface area (Å²) in [5.41, 5.74) is 0.542. The van der Waals surface area contributed by atoms with E-state index in [1.165, 1.54) is 0 Å². The fourth-order valence-electron chi connectivity index (χ4n) is 4.32. The molecule has 0 N–H and O–H groups in total. The predicted octanol–water partition coefficient (Wildman–Crippen LogP) is 6.04. The molecular formula is C27H24Cl3NO4. The van der Waals surface area contributed by atoms with Gasteiger partial charge in [-0.2, -0.15) is 0 Å². The highest BCUT2D eigenvalue weighted by molar-refractivity contribution is 6.42. The molecule has 1 atom stereocenters. The Morgan fingerprint density at radius 3 is 2.26 bits per heavy atom. The van der Waals surface area contributed by atoms with E-state index in [0.29, 0.717) is 58.1 Å². The maximum Gasteiger partial charge on any atom is 0.338 e. The van der Waals surface area contributed by atoms with Gasteiger partial charge in [0.2, 0.25) is 5.91 Å². The molecule has 5 nitrogen and oxygen atoms in total. The normalized spacial score (nSPS) is 15.3. The van der Waals surface area contributed by atoms with Crippen molar-refractivity contribution >= 4 is 46.7 Å². The summed E-state index contributed by atoms with van der Waals surface area (Å²) < 4.78 is 11.1. The Bertz CT molecular complexity index is 1200. The smallest absolute Gasteiger partial charge is 0.338 e. The van der Waals surface area contributed by atoms with E-state index in [-0.39, 0.29) is 18.9 Å². The number of esters is 1. The summed E-state index contributed by atoms with van der Waals surface area (Å²) in [6.07, 6.45) is 0.181. The van der Waals surface area contributed by atoms with Crippen LogP contribution in [-0.4, -0.2) is 49.7 Å². The Kier molecular flexibility index (Phi) is 8.34. The van der Waals surface area contributed by atoms with Gasteiger partial charge in [-0.25, -0.2) is 4.79 Å². The molecule has 182 valence electrons. The molecule has 1 fully saturated rings. The van der Waals surface area contributed by atoms with Crippen molar-refractivity contribution in [2.45, 2.75) is 11.8 Å². The zero-order valence-corrected chi connectivity index (χ0v) is 21.2. The number of nitrogens with zero attached hydrogens (tertiary/aromatic N) is 1. The molecule has 1 unspecified atom stereocenters. The zero-order chi connectivity index (χ0) is 24.8. The van der Waals surface area contributed by atoms with Crippen LogP contribution in [0.4, 0.5) is 0 Å². The molecule has 1 saturated heterocycles. The maximum atomic E-state index is 14.3. The Morgan fingerprint density at radius 1 is 0.857 bits per heavy atom. The second-order valence-corrected chi connectivity index (χ2v) is 9.45. The van der Waals surface area contributed by atoms with Gasteiger partial charge in [-0.15, -0.1) is 0 Å². The van der Waals surface area contributed by atoms with Crippen LogP contribution in [0.5, 0.6) is 0 Å². The van der Waals surface area contributed by atoms with Crippen LogP contribution in [-0.2, 0) is 19.7 Å². The maximum absolute atomic E-state index is 14.3. The van der Waals surface area contributed by atoms with Gasteiger partial charge in [0.05, 0.1) is 35.4 Å². The number of ether oxygens (including phenoxy) is 2. The highest BCUT2D eigenvalue weighted by Gasteiger charge is 2.45. The number of hydrogen-bond donors (Lipinski definition) is 0. The van der Waals surface area contributed by atoms with Crippen LogP contribution in [0.1, 0.15) is 27.9 Å². The lowest BCUT2D eigenvalue weighted by molar-refractivity contribution is -0.140. The summed E-state index contributed by atoms with van der Waals surface area (Å²) in [4.78, 5) is 28.7. The van der Waals surface area contributed by atoms with Crippen molar-refractivity contribution in [2.24, 2.45) is 0 Å².